The first kappa shape index (κ1) is 21.1. The van der Waals surface area contributed by atoms with Crippen molar-refractivity contribution in [2.24, 2.45) is 5.92 Å². The Kier molecular flexibility index (Phi) is 4.53. The zero-order valence-corrected chi connectivity index (χ0v) is 18.8. The number of ether oxygens (including phenoxy) is 2. The second-order valence-electron chi connectivity index (χ2n) is 8.42. The number of hydrogen-bond donors (Lipinski definition) is 1. The Labute approximate surface area is 200 Å². The van der Waals surface area contributed by atoms with Crippen molar-refractivity contribution in [2.75, 3.05) is 18.9 Å². The van der Waals surface area contributed by atoms with Crippen molar-refractivity contribution in [2.45, 2.75) is 18.6 Å². The summed E-state index contributed by atoms with van der Waals surface area (Å²) in [5.74, 6) is -2.50. The van der Waals surface area contributed by atoms with Gasteiger partial charge in [-0.2, -0.15) is 5.26 Å². The molecule has 2 saturated heterocycles. The van der Waals surface area contributed by atoms with Crippen LogP contribution in [0.25, 0.3) is 21.2 Å². The number of nitriles is 1. The van der Waals surface area contributed by atoms with Crippen LogP contribution in [0.4, 0.5) is 13.8 Å². The molecule has 3 aliphatic rings. The number of amides is 1. The number of rotatable bonds is 1. The van der Waals surface area contributed by atoms with Crippen LogP contribution in [-0.2, 0) is 9.53 Å². The van der Waals surface area contributed by atoms with Crippen LogP contribution < -0.4 is 10.5 Å². The van der Waals surface area contributed by atoms with Gasteiger partial charge in [0.05, 0.1) is 39.4 Å². The highest BCUT2D eigenvalue weighted by atomic mass is 35.5. The van der Waals surface area contributed by atoms with Gasteiger partial charge in [0.2, 0.25) is 0 Å². The monoisotopic (exact) mass is 501 g/mol. The summed E-state index contributed by atoms with van der Waals surface area (Å²) in [6.45, 7) is 0.260. The number of benzene rings is 2. The maximum absolute atomic E-state index is 15.5. The molecule has 0 radical (unpaired) electrons. The Morgan fingerprint density at radius 2 is 2.03 bits per heavy atom. The molecule has 1 amide bonds. The predicted molar refractivity (Wildman–Crippen MR) is 120 cm³/mol. The molecule has 0 aliphatic carbocycles. The smallest absolute Gasteiger partial charge is 0.313 e. The lowest BCUT2D eigenvalue weighted by atomic mass is 9.84. The van der Waals surface area contributed by atoms with Gasteiger partial charge < -0.3 is 20.1 Å². The molecule has 7 nitrogen and oxygen atoms in total. The molecule has 2 N–H and O–H groups in total. The Balaban J connectivity index is 1.51. The van der Waals surface area contributed by atoms with Gasteiger partial charge in [-0.3, -0.25) is 9.59 Å². The number of piperidine rings is 1. The van der Waals surface area contributed by atoms with Crippen LogP contribution in [0.5, 0.6) is 5.75 Å². The minimum Gasteiger partial charge on any atom is -0.489 e. The molecule has 2 aromatic carbocycles. The molecule has 4 heterocycles. The van der Waals surface area contributed by atoms with Gasteiger partial charge in [0.15, 0.2) is 5.75 Å². The summed E-state index contributed by atoms with van der Waals surface area (Å²) in [6, 6.07) is 5.06. The number of esters is 1. The average Bonchev–Trinajstić information content (AvgIpc) is 3.08. The molecule has 0 saturated carbocycles. The van der Waals surface area contributed by atoms with Crippen molar-refractivity contribution in [3.8, 4) is 22.9 Å². The standard InChI is InChI=1S/C23H14ClF2N3O4S/c24-18-17(9-1-2-13(25)20-16(9)12(5-27)21(28)34-20)14(26)4-11-19(18)32-7-8-3-10-15(33-23(10)31)6-29(8)22(11)30/h1-2,4,8,10,15H,3,6-7,28H2. The van der Waals surface area contributed by atoms with E-state index in [9.17, 15) is 19.2 Å². The number of nitrogens with zero attached hydrogens (tertiary/aromatic N) is 2. The SMILES string of the molecule is N#Cc1c(N)sc2c(F)ccc(-c3c(F)cc4c(c3Cl)OCC3CC5C(=O)OC5CN3C4=O)c12. The summed E-state index contributed by atoms with van der Waals surface area (Å²) in [5.41, 5.74) is 5.92. The van der Waals surface area contributed by atoms with E-state index >= 15 is 4.39 Å². The second-order valence-corrected chi connectivity index (χ2v) is 9.85. The fraction of sp³-hybridized carbons (Fsp3) is 0.261. The van der Waals surface area contributed by atoms with Crippen molar-refractivity contribution < 1.29 is 27.8 Å². The number of carbonyl (C=O) groups is 2. The predicted octanol–water partition coefficient (Wildman–Crippen LogP) is 4.10. The maximum Gasteiger partial charge on any atom is 0.313 e. The first-order valence-corrected chi connectivity index (χ1v) is 11.6. The minimum atomic E-state index is -0.828. The minimum absolute atomic E-state index is 0.00348. The van der Waals surface area contributed by atoms with Crippen LogP contribution in [0.1, 0.15) is 22.3 Å². The van der Waals surface area contributed by atoms with E-state index in [0.29, 0.717) is 6.42 Å². The van der Waals surface area contributed by atoms with Crippen LogP contribution in [0.2, 0.25) is 5.02 Å². The number of nitrogens with two attached hydrogens (primary N) is 1. The Bertz CT molecular complexity index is 1480. The Morgan fingerprint density at radius 3 is 2.76 bits per heavy atom. The van der Waals surface area contributed by atoms with Gasteiger partial charge in [-0.15, -0.1) is 11.3 Å². The van der Waals surface area contributed by atoms with Crippen LogP contribution >= 0.6 is 22.9 Å². The molecule has 3 unspecified atom stereocenters. The molecule has 6 rings (SSSR count). The summed E-state index contributed by atoms with van der Waals surface area (Å²) in [7, 11) is 0. The van der Waals surface area contributed by atoms with E-state index in [0.717, 1.165) is 23.5 Å². The number of hydrogen-bond acceptors (Lipinski definition) is 7. The number of halogens is 3. The van der Waals surface area contributed by atoms with E-state index in [2.05, 4.69) is 0 Å². The highest BCUT2D eigenvalue weighted by Gasteiger charge is 2.51. The lowest BCUT2D eigenvalue weighted by Crippen LogP contribution is -2.61. The lowest BCUT2D eigenvalue weighted by Gasteiger charge is -2.46. The van der Waals surface area contributed by atoms with Gasteiger partial charge in [0.25, 0.3) is 5.91 Å². The molecular weight excluding hydrogens is 488 g/mol. The van der Waals surface area contributed by atoms with Crippen LogP contribution in [-0.4, -0.2) is 42.1 Å². The average molecular weight is 502 g/mol. The van der Waals surface area contributed by atoms with Crippen molar-refractivity contribution in [1.82, 2.24) is 4.90 Å². The number of fused-ring (bicyclic) bond motifs is 4. The fourth-order valence-electron chi connectivity index (χ4n) is 4.97. The molecule has 0 spiro atoms. The van der Waals surface area contributed by atoms with Crippen LogP contribution in [0.3, 0.4) is 0 Å². The normalized spacial score (nSPS) is 23.1. The zero-order chi connectivity index (χ0) is 23.9. The molecular formula is C23H14ClF2N3O4S. The third-order valence-electron chi connectivity index (χ3n) is 6.65. The highest BCUT2D eigenvalue weighted by Crippen LogP contribution is 2.48. The second kappa shape index (κ2) is 7.29. The van der Waals surface area contributed by atoms with E-state index in [4.69, 9.17) is 26.8 Å². The Morgan fingerprint density at radius 1 is 1.24 bits per heavy atom. The topological polar surface area (TPSA) is 106 Å². The van der Waals surface area contributed by atoms with Gasteiger partial charge in [-0.25, -0.2) is 8.78 Å². The van der Waals surface area contributed by atoms with Gasteiger partial charge in [0.1, 0.15) is 35.4 Å². The summed E-state index contributed by atoms with van der Waals surface area (Å²) in [5, 5.41) is 9.66. The number of nitrogen functional groups attached to an aromatic ring is 1. The fourth-order valence-corrected chi connectivity index (χ4v) is 6.27. The number of thiophene rings is 1. The van der Waals surface area contributed by atoms with Crippen molar-refractivity contribution in [3.05, 3.63) is 46.0 Å². The molecule has 1 aromatic heterocycles. The number of anilines is 1. The molecule has 34 heavy (non-hydrogen) atoms. The van der Waals surface area contributed by atoms with Crippen molar-refractivity contribution >= 4 is 49.9 Å². The quantitative estimate of drug-likeness (QED) is 0.503. The van der Waals surface area contributed by atoms with Crippen molar-refractivity contribution in [3.63, 3.8) is 0 Å². The number of carbonyl (C=O) groups excluding carboxylic acids is 2. The molecule has 2 fully saturated rings. The van der Waals surface area contributed by atoms with Crippen LogP contribution in [0, 0.1) is 28.9 Å². The van der Waals surface area contributed by atoms with E-state index in [1.54, 1.807) is 0 Å². The molecule has 3 aromatic rings. The molecule has 11 heteroatoms. The largest absolute Gasteiger partial charge is 0.489 e. The van der Waals surface area contributed by atoms with E-state index < -0.39 is 23.6 Å². The maximum atomic E-state index is 15.5. The van der Waals surface area contributed by atoms with Gasteiger partial charge in [0, 0.05) is 10.9 Å². The van der Waals surface area contributed by atoms with Gasteiger partial charge >= 0.3 is 5.97 Å². The van der Waals surface area contributed by atoms with E-state index in [1.165, 1.54) is 11.0 Å². The summed E-state index contributed by atoms with van der Waals surface area (Å²) >= 11 is 7.50. The molecule has 3 atom stereocenters. The third kappa shape index (κ3) is 2.77. The molecule has 172 valence electrons. The first-order valence-electron chi connectivity index (χ1n) is 10.4. The van der Waals surface area contributed by atoms with Crippen molar-refractivity contribution in [1.29, 1.82) is 5.26 Å². The van der Waals surface area contributed by atoms with E-state index in [1.807, 2.05) is 6.07 Å². The third-order valence-corrected chi connectivity index (χ3v) is 8.03. The lowest BCUT2D eigenvalue weighted by molar-refractivity contribution is -0.195. The zero-order valence-electron chi connectivity index (χ0n) is 17.2. The molecule has 3 aliphatic heterocycles. The summed E-state index contributed by atoms with van der Waals surface area (Å²) in [4.78, 5) is 26.6. The summed E-state index contributed by atoms with van der Waals surface area (Å²) < 4.78 is 41.1. The Hall–Kier alpha value is -3.42. The highest BCUT2D eigenvalue weighted by molar-refractivity contribution is 7.23. The first-order chi connectivity index (χ1) is 16.3. The van der Waals surface area contributed by atoms with E-state index in [-0.39, 0.29) is 79.3 Å². The molecule has 0 bridgehead atoms. The van der Waals surface area contributed by atoms with Gasteiger partial charge in [-0.1, -0.05) is 17.7 Å². The van der Waals surface area contributed by atoms with Crippen LogP contribution in [0.15, 0.2) is 18.2 Å². The summed E-state index contributed by atoms with van der Waals surface area (Å²) in [6.07, 6.45) is 0.00359. The van der Waals surface area contributed by atoms with Gasteiger partial charge in [-0.05, 0) is 24.1 Å².